The third kappa shape index (κ3) is 4.56. The van der Waals surface area contributed by atoms with Crippen molar-refractivity contribution in [3.63, 3.8) is 0 Å². The van der Waals surface area contributed by atoms with E-state index >= 15 is 0 Å². The molecule has 0 bridgehead atoms. The summed E-state index contributed by atoms with van der Waals surface area (Å²) >= 11 is 0. The predicted molar refractivity (Wildman–Crippen MR) is 93.7 cm³/mol. The van der Waals surface area contributed by atoms with Crippen LogP contribution in [0.1, 0.15) is 77.6 Å². The van der Waals surface area contributed by atoms with Crippen LogP contribution >= 0.6 is 0 Å². The highest BCUT2D eigenvalue weighted by atomic mass is 16.5. The molecule has 0 aromatic carbocycles. The summed E-state index contributed by atoms with van der Waals surface area (Å²) in [7, 11) is 0. The van der Waals surface area contributed by atoms with E-state index in [1.807, 2.05) is 6.92 Å². The first-order valence-electron chi connectivity index (χ1n) is 8.72. The topological polar surface area (TPSA) is 58.4 Å². The quantitative estimate of drug-likeness (QED) is 0.753. The minimum Gasteiger partial charge on any atom is -0.361 e. The van der Waals surface area contributed by atoms with Crippen LogP contribution in [-0.2, 0) is 6.42 Å². The average molecular weight is 323 g/mol. The number of aryl methyl sites for hydroxylation is 1. The first kappa shape index (κ1) is 19.7. The van der Waals surface area contributed by atoms with Crippen molar-refractivity contribution in [3.05, 3.63) is 17.5 Å². The van der Waals surface area contributed by atoms with Crippen LogP contribution in [0.5, 0.6) is 0 Å². The molecule has 0 aliphatic carbocycles. The fraction of sp³-hybridized carbons (Fsp3) is 0.778. The summed E-state index contributed by atoms with van der Waals surface area (Å²) < 4.78 is 5.14. The zero-order valence-corrected chi connectivity index (χ0v) is 15.8. The Morgan fingerprint density at radius 1 is 1.17 bits per heavy atom. The summed E-state index contributed by atoms with van der Waals surface area (Å²) in [6.07, 6.45) is 2.92. The molecule has 0 fully saturated rings. The lowest BCUT2D eigenvalue weighted by Crippen LogP contribution is -2.65. The molecule has 0 atom stereocenters. The van der Waals surface area contributed by atoms with Gasteiger partial charge >= 0.3 is 0 Å². The lowest BCUT2D eigenvalue weighted by atomic mass is 9.80. The van der Waals surface area contributed by atoms with E-state index in [2.05, 4.69) is 56.9 Å². The van der Waals surface area contributed by atoms with Gasteiger partial charge in [0.25, 0.3) is 5.91 Å². The van der Waals surface area contributed by atoms with E-state index in [0.717, 1.165) is 38.1 Å². The number of amides is 1. The summed E-state index contributed by atoms with van der Waals surface area (Å²) in [5, 5.41) is 7.01. The summed E-state index contributed by atoms with van der Waals surface area (Å²) in [6, 6.07) is 1.72. The Labute approximate surface area is 140 Å². The minimum atomic E-state index is -0.403. The Kier molecular flexibility index (Phi) is 6.81. The molecule has 1 N–H and O–H groups in total. The van der Waals surface area contributed by atoms with E-state index in [-0.39, 0.29) is 11.4 Å². The molecule has 0 saturated heterocycles. The van der Waals surface area contributed by atoms with Crippen LogP contribution in [0.15, 0.2) is 10.6 Å². The van der Waals surface area contributed by atoms with Crippen LogP contribution in [0.3, 0.4) is 0 Å². The van der Waals surface area contributed by atoms with Crippen LogP contribution in [0, 0.1) is 0 Å². The summed E-state index contributed by atoms with van der Waals surface area (Å²) in [5.74, 6) is 0.547. The van der Waals surface area contributed by atoms with Crippen LogP contribution < -0.4 is 5.32 Å². The number of carbonyl (C=O) groups excluding carboxylic acids is 1. The first-order chi connectivity index (χ1) is 10.7. The summed E-state index contributed by atoms with van der Waals surface area (Å²) in [6.45, 7) is 16.9. The molecule has 0 unspecified atom stereocenters. The van der Waals surface area contributed by atoms with Gasteiger partial charge in [-0.1, -0.05) is 25.9 Å². The molecule has 1 aromatic rings. The van der Waals surface area contributed by atoms with E-state index in [4.69, 9.17) is 4.52 Å². The maximum atomic E-state index is 12.5. The van der Waals surface area contributed by atoms with Crippen LogP contribution in [0.25, 0.3) is 0 Å². The largest absolute Gasteiger partial charge is 0.361 e. The van der Waals surface area contributed by atoms with Crippen LogP contribution in [0.4, 0.5) is 0 Å². The molecule has 5 heteroatoms. The zero-order chi connectivity index (χ0) is 17.7. The Bertz CT molecular complexity index is 500. The third-order valence-electron chi connectivity index (χ3n) is 4.87. The van der Waals surface area contributed by atoms with Crippen molar-refractivity contribution in [2.45, 2.75) is 78.8 Å². The number of aromatic nitrogens is 1. The number of nitrogens with one attached hydrogen (secondary N) is 1. The van der Waals surface area contributed by atoms with Gasteiger partial charge < -0.3 is 9.84 Å². The molecule has 5 nitrogen and oxygen atoms in total. The van der Waals surface area contributed by atoms with Gasteiger partial charge in [-0.3, -0.25) is 9.69 Å². The van der Waals surface area contributed by atoms with E-state index in [9.17, 15) is 4.79 Å². The lowest BCUT2D eigenvalue weighted by molar-refractivity contribution is 0.0356. The van der Waals surface area contributed by atoms with E-state index in [0.29, 0.717) is 5.69 Å². The highest BCUT2D eigenvalue weighted by Crippen LogP contribution is 2.29. The van der Waals surface area contributed by atoms with Gasteiger partial charge in [0, 0.05) is 18.0 Å². The first-order valence-corrected chi connectivity index (χ1v) is 8.72. The smallest absolute Gasteiger partial charge is 0.273 e. The van der Waals surface area contributed by atoms with E-state index in [1.165, 1.54) is 0 Å². The number of nitrogens with zero attached hydrogens (tertiary/aromatic N) is 2. The van der Waals surface area contributed by atoms with Crippen LogP contribution in [-0.4, -0.2) is 40.1 Å². The van der Waals surface area contributed by atoms with Crippen molar-refractivity contribution in [2.24, 2.45) is 0 Å². The molecular formula is C18H33N3O2. The standard InChI is InChI=1S/C18H33N3O2/c1-8-11-21(12-9-2)18(6,7)17(4,5)19-16(22)15-13-14(10-3)23-20-15/h13H,8-12H2,1-7H3,(H,19,22). The SMILES string of the molecule is CCCN(CCC)C(C)(C)C(C)(C)NC(=O)c1cc(CC)on1. The van der Waals surface area contributed by atoms with E-state index < -0.39 is 5.54 Å². The maximum absolute atomic E-state index is 12.5. The molecule has 1 rings (SSSR count). The van der Waals surface area contributed by atoms with Gasteiger partial charge in [-0.15, -0.1) is 0 Å². The number of hydrogen-bond acceptors (Lipinski definition) is 4. The van der Waals surface area contributed by atoms with Gasteiger partial charge in [0.2, 0.25) is 0 Å². The average Bonchev–Trinajstić information content (AvgIpc) is 2.95. The lowest BCUT2D eigenvalue weighted by Gasteiger charge is -2.49. The molecule has 1 aromatic heterocycles. The second-order valence-electron chi connectivity index (χ2n) is 7.16. The molecule has 1 amide bonds. The fourth-order valence-electron chi connectivity index (χ4n) is 2.69. The van der Waals surface area contributed by atoms with Crippen molar-refractivity contribution in [3.8, 4) is 0 Å². The molecule has 0 saturated carbocycles. The molecule has 0 aliphatic heterocycles. The zero-order valence-electron chi connectivity index (χ0n) is 15.8. The summed E-state index contributed by atoms with van der Waals surface area (Å²) in [5.41, 5.74) is -0.227. The minimum absolute atomic E-state index is 0.175. The Morgan fingerprint density at radius 3 is 2.17 bits per heavy atom. The fourth-order valence-corrected chi connectivity index (χ4v) is 2.69. The Balaban J connectivity index is 2.91. The van der Waals surface area contributed by atoms with Gasteiger partial charge in [-0.25, -0.2) is 0 Å². The second kappa shape index (κ2) is 7.95. The number of rotatable bonds is 9. The van der Waals surface area contributed by atoms with Gasteiger partial charge in [0.05, 0.1) is 5.54 Å². The normalized spacial score (nSPS) is 12.7. The molecular weight excluding hydrogens is 290 g/mol. The predicted octanol–water partition coefficient (Wildman–Crippen LogP) is 3.65. The third-order valence-corrected chi connectivity index (χ3v) is 4.87. The molecule has 0 spiro atoms. The van der Waals surface area contributed by atoms with Crippen LogP contribution in [0.2, 0.25) is 0 Å². The van der Waals surface area contributed by atoms with Gasteiger partial charge in [-0.2, -0.15) is 0 Å². The number of carbonyl (C=O) groups is 1. The second-order valence-corrected chi connectivity index (χ2v) is 7.16. The van der Waals surface area contributed by atoms with Crippen molar-refractivity contribution in [2.75, 3.05) is 13.1 Å². The highest BCUT2D eigenvalue weighted by molar-refractivity contribution is 5.92. The number of hydrogen-bond donors (Lipinski definition) is 1. The monoisotopic (exact) mass is 323 g/mol. The molecule has 23 heavy (non-hydrogen) atoms. The van der Waals surface area contributed by atoms with Gasteiger partial charge in [0.15, 0.2) is 5.69 Å². The van der Waals surface area contributed by atoms with Crippen molar-refractivity contribution in [1.29, 1.82) is 0 Å². The van der Waals surface area contributed by atoms with Crippen molar-refractivity contribution >= 4 is 5.91 Å². The molecule has 0 radical (unpaired) electrons. The van der Waals surface area contributed by atoms with Gasteiger partial charge in [0.1, 0.15) is 5.76 Å². The highest BCUT2D eigenvalue weighted by Gasteiger charge is 2.42. The van der Waals surface area contributed by atoms with E-state index in [1.54, 1.807) is 6.07 Å². The maximum Gasteiger partial charge on any atom is 0.273 e. The van der Waals surface area contributed by atoms with Crippen molar-refractivity contribution in [1.82, 2.24) is 15.4 Å². The summed E-state index contributed by atoms with van der Waals surface area (Å²) in [4.78, 5) is 15.0. The molecule has 1 heterocycles. The Morgan fingerprint density at radius 2 is 1.74 bits per heavy atom. The van der Waals surface area contributed by atoms with Gasteiger partial charge in [-0.05, 0) is 53.6 Å². The molecule has 0 aliphatic rings. The molecule has 132 valence electrons. The Hall–Kier alpha value is -1.36. The van der Waals surface area contributed by atoms with Crippen molar-refractivity contribution < 1.29 is 9.32 Å².